The van der Waals surface area contributed by atoms with Crippen LogP contribution in [0.2, 0.25) is 39.3 Å². The van der Waals surface area contributed by atoms with Gasteiger partial charge in [-0.2, -0.15) is 12.2 Å². The maximum absolute atomic E-state index is 9.43. The molecule has 0 aromatic heterocycles. The van der Waals surface area contributed by atoms with Crippen LogP contribution in [-0.4, -0.2) is 38.3 Å². The van der Waals surface area contributed by atoms with Gasteiger partial charge in [0.2, 0.25) is 0 Å². The Morgan fingerprint density at radius 2 is 1.03 bits per heavy atom. The average molecular weight is 627 g/mol. The van der Waals surface area contributed by atoms with E-state index in [-0.39, 0.29) is 25.8 Å². The molecular weight excluding hydrogens is 595 g/mol. The number of rotatable bonds is 4. The predicted octanol–water partition coefficient (Wildman–Crippen LogP) is 2.99. The van der Waals surface area contributed by atoms with Gasteiger partial charge in [0, 0.05) is 16.1 Å². The zero-order chi connectivity index (χ0) is 24.1. The predicted molar refractivity (Wildman–Crippen MR) is 121 cm³/mol. The molecule has 2 aliphatic rings. The minimum absolute atomic E-state index is 0. The van der Waals surface area contributed by atoms with Crippen molar-refractivity contribution in [3.05, 3.63) is 71.5 Å². The third kappa shape index (κ3) is 18.7. The minimum Gasteiger partial charge on any atom is -0.868 e. The van der Waals surface area contributed by atoms with Crippen molar-refractivity contribution in [2.45, 2.75) is 52.1 Å². The fourth-order valence-corrected chi connectivity index (χ4v) is 4.34. The second-order valence-electron chi connectivity index (χ2n) is 8.35. The molecule has 31 heavy (non-hydrogen) atoms. The van der Waals surface area contributed by atoms with E-state index < -0.39 is 39.6 Å². The van der Waals surface area contributed by atoms with Crippen LogP contribution < -0.4 is 10.2 Å². The van der Waals surface area contributed by atoms with Gasteiger partial charge in [-0.1, -0.05) is 52.4 Å². The molecular formula is C22H32HfO6Si2. The molecule has 0 heterocycles. The molecule has 2 aliphatic carbocycles. The van der Waals surface area contributed by atoms with Crippen LogP contribution in [0.3, 0.4) is 0 Å². The molecule has 0 bridgehead atoms. The second-order valence-corrected chi connectivity index (χ2v) is 18.4. The van der Waals surface area contributed by atoms with E-state index in [0.717, 1.165) is 12.8 Å². The van der Waals surface area contributed by atoms with Gasteiger partial charge in [0.15, 0.2) is 0 Å². The molecule has 0 aromatic rings. The molecule has 0 radical (unpaired) electrons. The van der Waals surface area contributed by atoms with Crippen LogP contribution in [-0.2, 0) is 35.4 Å². The fourth-order valence-electron chi connectivity index (χ4n) is 1.84. The van der Waals surface area contributed by atoms with Crippen LogP contribution in [0, 0.1) is 12.2 Å². The Labute approximate surface area is 206 Å². The first-order chi connectivity index (χ1) is 13.5. The van der Waals surface area contributed by atoms with Crippen molar-refractivity contribution in [1.29, 1.82) is 0 Å². The van der Waals surface area contributed by atoms with E-state index in [0.29, 0.717) is 0 Å². The van der Waals surface area contributed by atoms with Gasteiger partial charge in [0.1, 0.15) is 0 Å². The molecule has 0 atom stereocenters. The number of allylic oxidation sites excluding steroid dienone is 8. The number of hydrogen-bond acceptors (Lipinski definition) is 4. The van der Waals surface area contributed by atoms with Crippen LogP contribution in [0.25, 0.3) is 0 Å². The van der Waals surface area contributed by atoms with Crippen LogP contribution in [0.15, 0.2) is 59.4 Å². The first-order valence-corrected chi connectivity index (χ1v) is 16.2. The summed E-state index contributed by atoms with van der Waals surface area (Å²) in [7, 11) is -2.01. The molecule has 2 N–H and O–H groups in total. The van der Waals surface area contributed by atoms with Crippen LogP contribution in [0.4, 0.5) is 0 Å². The number of carbonyl (C=O) groups is 2. The summed E-state index contributed by atoms with van der Waals surface area (Å²) in [5.74, 6) is -5.13. The molecule has 6 nitrogen and oxygen atoms in total. The van der Waals surface area contributed by atoms with Crippen molar-refractivity contribution < 1.29 is 55.9 Å². The van der Waals surface area contributed by atoms with Gasteiger partial charge in [-0.25, -0.2) is 32.1 Å². The van der Waals surface area contributed by atoms with Gasteiger partial charge in [0.05, 0.1) is 0 Å². The maximum Gasteiger partial charge on any atom is 4.00 e. The Bertz CT molecular complexity index is 663. The van der Waals surface area contributed by atoms with Gasteiger partial charge >= 0.3 is 37.8 Å². The summed E-state index contributed by atoms with van der Waals surface area (Å²) in [6.07, 6.45) is 17.6. The first kappa shape index (κ1) is 33.9. The summed E-state index contributed by atoms with van der Waals surface area (Å²) in [6.45, 7) is 19.3. The molecule has 9 heteroatoms. The largest absolute Gasteiger partial charge is 4.00 e. The van der Waals surface area contributed by atoms with Crippen LogP contribution in [0.1, 0.15) is 12.8 Å². The van der Waals surface area contributed by atoms with E-state index in [2.05, 4.69) is 88.9 Å². The van der Waals surface area contributed by atoms with E-state index in [1.165, 1.54) is 10.4 Å². The number of carboxylic acids is 2. The standard InChI is InChI=1S/2C8H13Si.2C3H4O3.Hf/c2*1-9(2,3)8-6-4-5-7-8;2*1-2(4)3(5)6;/h2*4,6H,5H2,1-3H3;2*4H,1H2,(H,5,6);/q2*-1;;;+4/p-2. The number of aliphatic carboxylic acids is 2. The van der Waals surface area contributed by atoms with Crippen molar-refractivity contribution in [3.63, 3.8) is 0 Å². The summed E-state index contributed by atoms with van der Waals surface area (Å²) in [6, 6.07) is 0. The average Bonchev–Trinajstić information content (AvgIpc) is 3.29. The van der Waals surface area contributed by atoms with Crippen molar-refractivity contribution in [2.75, 3.05) is 0 Å². The summed E-state index contributed by atoms with van der Waals surface area (Å²) < 4.78 is 0. The van der Waals surface area contributed by atoms with Crippen molar-refractivity contribution >= 4 is 28.1 Å². The zero-order valence-electron chi connectivity index (χ0n) is 19.2. The molecule has 0 fully saturated rings. The van der Waals surface area contributed by atoms with Crippen LogP contribution in [0.5, 0.6) is 0 Å². The molecule has 0 saturated carbocycles. The minimum atomic E-state index is -1.49. The Hall–Kier alpha value is -1.72. The molecule has 0 amide bonds. The van der Waals surface area contributed by atoms with E-state index >= 15 is 0 Å². The van der Waals surface area contributed by atoms with E-state index in [1.54, 1.807) is 0 Å². The number of hydrogen-bond donors (Lipinski definition) is 2. The van der Waals surface area contributed by atoms with Crippen molar-refractivity contribution in [3.8, 4) is 0 Å². The third-order valence-electron chi connectivity index (χ3n) is 3.48. The van der Waals surface area contributed by atoms with E-state index in [1.807, 2.05) is 0 Å². The van der Waals surface area contributed by atoms with Crippen molar-refractivity contribution in [2.24, 2.45) is 0 Å². The molecule has 0 aromatic carbocycles. The third-order valence-corrected chi connectivity index (χ3v) is 7.40. The molecule has 0 aliphatic heterocycles. The van der Waals surface area contributed by atoms with E-state index in [9.17, 15) is 19.8 Å². The summed E-state index contributed by atoms with van der Waals surface area (Å²) in [5, 5.41) is 37.0. The molecule has 168 valence electrons. The number of carboxylic acid groups (broad SMARTS) is 2. The second kappa shape index (κ2) is 16.0. The van der Waals surface area contributed by atoms with Gasteiger partial charge in [0.25, 0.3) is 0 Å². The van der Waals surface area contributed by atoms with E-state index in [4.69, 9.17) is 10.2 Å². The zero-order valence-corrected chi connectivity index (χ0v) is 24.8. The maximum atomic E-state index is 9.43. The Morgan fingerprint density at radius 3 is 1.10 bits per heavy atom. The van der Waals surface area contributed by atoms with Gasteiger partial charge < -0.3 is 20.4 Å². The summed E-state index contributed by atoms with van der Waals surface area (Å²) in [5.41, 5.74) is 0. The first-order valence-electron chi connectivity index (χ1n) is 9.24. The van der Waals surface area contributed by atoms with Crippen molar-refractivity contribution in [1.82, 2.24) is 0 Å². The smallest absolute Gasteiger partial charge is 0.868 e. The van der Waals surface area contributed by atoms with Gasteiger partial charge in [-0.3, -0.25) is 12.2 Å². The summed E-state index contributed by atoms with van der Waals surface area (Å²) >= 11 is 0. The molecule has 0 unspecified atom stereocenters. The topological polar surface area (TPSA) is 121 Å². The SMILES string of the molecule is C=C([O-])C(=O)O.C=C([O-])C(=O)O.C[Si](C)(C)C1=[C-]CC=C1.C[Si](C)(C)C1=[C-]CC=C1.[Hf+4]. The molecule has 0 spiro atoms. The molecule has 2 rings (SSSR count). The fraction of sp³-hybridized carbons (Fsp3) is 0.364. The summed E-state index contributed by atoms with van der Waals surface area (Å²) in [4.78, 5) is 18.6. The molecule has 0 saturated heterocycles. The Kier molecular flexibility index (Phi) is 17.5. The Morgan fingerprint density at radius 1 is 0.806 bits per heavy atom. The quantitative estimate of drug-likeness (QED) is 0.214. The Balaban J connectivity index is -0.000000341. The van der Waals surface area contributed by atoms with Gasteiger partial charge in [-0.15, -0.1) is 12.8 Å². The van der Waals surface area contributed by atoms with Gasteiger partial charge in [-0.05, 0) is 11.5 Å². The van der Waals surface area contributed by atoms with Crippen LogP contribution >= 0.6 is 0 Å². The monoisotopic (exact) mass is 628 g/mol. The normalized spacial score (nSPS) is 13.5.